The minimum atomic E-state index is 0.482. The van der Waals surface area contributed by atoms with E-state index in [1.165, 1.54) is 0 Å². The van der Waals surface area contributed by atoms with Gasteiger partial charge >= 0.3 is 0 Å². The number of hydrogen-bond acceptors (Lipinski definition) is 1. The molecular formula is C10H7Br5O. The van der Waals surface area contributed by atoms with E-state index in [9.17, 15) is 0 Å². The Balaban J connectivity index is 2.87. The average Bonchev–Trinajstić information content (AvgIpc) is 2.15. The number of benzene rings is 1. The predicted molar refractivity (Wildman–Crippen MR) is 85.6 cm³/mol. The third kappa shape index (κ3) is 4.44. The molecule has 0 aliphatic heterocycles. The monoisotopic (exact) mass is 538 g/mol. The third-order valence-electron chi connectivity index (χ3n) is 1.68. The standard InChI is InChI=1S/C10H7Br5O/c1-5(11)9(15)4-16-10-7(13)2-6(12)3-8(10)14/h2-3H,4H2,1H3. The van der Waals surface area contributed by atoms with Crippen molar-refractivity contribution in [2.45, 2.75) is 6.92 Å². The first-order valence-corrected chi connectivity index (χ1v) is 8.16. The van der Waals surface area contributed by atoms with Gasteiger partial charge in [-0.15, -0.1) is 0 Å². The van der Waals surface area contributed by atoms with Gasteiger partial charge in [-0.2, -0.15) is 0 Å². The van der Waals surface area contributed by atoms with Gasteiger partial charge in [0, 0.05) is 13.4 Å². The molecule has 1 nitrogen and oxygen atoms in total. The van der Waals surface area contributed by atoms with Crippen LogP contribution in [0.1, 0.15) is 6.92 Å². The first-order valence-electron chi connectivity index (χ1n) is 4.20. The van der Waals surface area contributed by atoms with Crippen molar-refractivity contribution in [3.05, 3.63) is 34.5 Å². The summed E-state index contributed by atoms with van der Waals surface area (Å²) >= 11 is 17.1. The second-order valence-corrected chi connectivity index (χ2v) is 7.70. The van der Waals surface area contributed by atoms with Gasteiger partial charge in [0.05, 0.1) is 8.95 Å². The Bertz CT molecular complexity index is 400. The Hall–Kier alpha value is 1.16. The van der Waals surface area contributed by atoms with Crippen LogP contribution in [0.25, 0.3) is 0 Å². The largest absolute Gasteiger partial charge is 0.486 e. The van der Waals surface area contributed by atoms with Crippen molar-refractivity contribution in [2.75, 3.05) is 6.61 Å². The van der Waals surface area contributed by atoms with Crippen LogP contribution >= 0.6 is 79.6 Å². The van der Waals surface area contributed by atoms with Crippen molar-refractivity contribution in [2.24, 2.45) is 0 Å². The molecule has 88 valence electrons. The highest BCUT2D eigenvalue weighted by atomic mass is 79.9. The zero-order valence-electron chi connectivity index (χ0n) is 8.16. The van der Waals surface area contributed by atoms with Gasteiger partial charge in [0.1, 0.15) is 12.4 Å². The molecule has 0 heterocycles. The SMILES string of the molecule is CC(Br)=C(Br)COc1c(Br)cc(Br)cc1Br. The Morgan fingerprint density at radius 1 is 1.12 bits per heavy atom. The van der Waals surface area contributed by atoms with Crippen LogP contribution in [0.15, 0.2) is 34.5 Å². The van der Waals surface area contributed by atoms with Crippen LogP contribution in [0.3, 0.4) is 0 Å². The molecule has 16 heavy (non-hydrogen) atoms. The molecule has 0 aliphatic carbocycles. The molecule has 0 atom stereocenters. The molecule has 0 aromatic heterocycles. The van der Waals surface area contributed by atoms with Crippen LogP contribution in [0.2, 0.25) is 0 Å². The zero-order valence-corrected chi connectivity index (χ0v) is 16.1. The summed E-state index contributed by atoms with van der Waals surface area (Å²) in [7, 11) is 0. The Labute approximate surface area is 137 Å². The molecule has 0 saturated carbocycles. The summed E-state index contributed by atoms with van der Waals surface area (Å²) in [5, 5.41) is 0. The van der Waals surface area contributed by atoms with Gasteiger partial charge in [0.25, 0.3) is 0 Å². The van der Waals surface area contributed by atoms with Crippen molar-refractivity contribution < 1.29 is 4.74 Å². The van der Waals surface area contributed by atoms with Gasteiger partial charge in [-0.3, -0.25) is 0 Å². The highest BCUT2D eigenvalue weighted by molar-refractivity contribution is 9.14. The quantitative estimate of drug-likeness (QED) is 0.431. The first kappa shape index (κ1) is 15.2. The van der Waals surface area contributed by atoms with E-state index in [-0.39, 0.29) is 0 Å². The second-order valence-electron chi connectivity index (χ2n) is 2.93. The first-order chi connectivity index (χ1) is 7.41. The van der Waals surface area contributed by atoms with Gasteiger partial charge in [-0.25, -0.2) is 0 Å². The molecule has 0 saturated heterocycles. The molecule has 0 radical (unpaired) electrons. The Morgan fingerprint density at radius 2 is 1.62 bits per heavy atom. The molecular weight excluding hydrogens is 536 g/mol. The van der Waals surface area contributed by atoms with E-state index >= 15 is 0 Å². The lowest BCUT2D eigenvalue weighted by atomic mass is 10.3. The molecule has 1 rings (SSSR count). The van der Waals surface area contributed by atoms with Crippen molar-refractivity contribution in [1.29, 1.82) is 0 Å². The summed E-state index contributed by atoms with van der Waals surface area (Å²) in [6, 6.07) is 3.89. The van der Waals surface area contributed by atoms with Crippen LogP contribution in [0, 0.1) is 0 Å². The van der Waals surface area contributed by atoms with Crippen LogP contribution in [0.4, 0.5) is 0 Å². The summed E-state index contributed by atoms with van der Waals surface area (Å²) < 4.78 is 10.5. The molecule has 0 spiro atoms. The summed E-state index contributed by atoms with van der Waals surface area (Å²) in [6.45, 7) is 2.44. The number of halogens is 5. The van der Waals surface area contributed by atoms with E-state index in [0.717, 1.165) is 28.1 Å². The summed E-state index contributed by atoms with van der Waals surface area (Å²) in [4.78, 5) is 0. The molecule has 0 fully saturated rings. The van der Waals surface area contributed by atoms with Crippen LogP contribution in [0.5, 0.6) is 5.75 Å². The molecule has 0 N–H and O–H groups in total. The van der Waals surface area contributed by atoms with E-state index in [2.05, 4.69) is 79.6 Å². The lowest BCUT2D eigenvalue weighted by Gasteiger charge is -2.10. The van der Waals surface area contributed by atoms with Crippen LogP contribution in [-0.2, 0) is 0 Å². The van der Waals surface area contributed by atoms with Crippen molar-refractivity contribution >= 4 is 79.6 Å². The van der Waals surface area contributed by atoms with E-state index in [1.54, 1.807) is 0 Å². The van der Waals surface area contributed by atoms with Gasteiger partial charge in [0.2, 0.25) is 0 Å². The Morgan fingerprint density at radius 3 is 2.06 bits per heavy atom. The summed E-state index contributed by atoms with van der Waals surface area (Å²) in [5.41, 5.74) is 0. The normalized spacial score (nSPS) is 12.4. The predicted octanol–water partition coefficient (Wildman–Crippen LogP) is 6.37. The second kappa shape index (κ2) is 6.92. The molecule has 1 aromatic carbocycles. The fourth-order valence-corrected chi connectivity index (χ4v) is 3.62. The highest BCUT2D eigenvalue weighted by Gasteiger charge is 2.09. The van der Waals surface area contributed by atoms with Crippen molar-refractivity contribution in [3.63, 3.8) is 0 Å². The third-order valence-corrected chi connectivity index (χ3v) is 5.15. The zero-order chi connectivity index (χ0) is 12.3. The van der Waals surface area contributed by atoms with E-state index < -0.39 is 0 Å². The number of hydrogen-bond donors (Lipinski definition) is 0. The van der Waals surface area contributed by atoms with E-state index in [0.29, 0.717) is 6.61 Å². The fraction of sp³-hybridized carbons (Fsp3) is 0.200. The lowest BCUT2D eigenvalue weighted by molar-refractivity contribution is 0.355. The van der Waals surface area contributed by atoms with Crippen molar-refractivity contribution in [1.82, 2.24) is 0 Å². The topological polar surface area (TPSA) is 9.23 Å². The maximum Gasteiger partial charge on any atom is 0.148 e. The van der Waals surface area contributed by atoms with E-state index in [4.69, 9.17) is 4.74 Å². The summed E-state index contributed by atoms with van der Waals surface area (Å²) in [6.07, 6.45) is 0. The number of ether oxygens (including phenoxy) is 1. The van der Waals surface area contributed by atoms with Gasteiger partial charge < -0.3 is 4.74 Å². The minimum absolute atomic E-state index is 0.482. The fourth-order valence-electron chi connectivity index (χ4n) is 0.902. The molecule has 0 amide bonds. The molecule has 0 unspecified atom stereocenters. The number of allylic oxidation sites excluding steroid dienone is 1. The maximum atomic E-state index is 5.70. The van der Waals surface area contributed by atoms with Gasteiger partial charge in [-0.05, 0) is 50.9 Å². The molecule has 0 aliphatic rings. The van der Waals surface area contributed by atoms with Crippen LogP contribution in [-0.4, -0.2) is 6.61 Å². The van der Waals surface area contributed by atoms with Gasteiger partial charge in [0.15, 0.2) is 0 Å². The smallest absolute Gasteiger partial charge is 0.148 e. The summed E-state index contributed by atoms with van der Waals surface area (Å²) in [5.74, 6) is 0.786. The van der Waals surface area contributed by atoms with Crippen LogP contribution < -0.4 is 4.74 Å². The number of rotatable bonds is 3. The molecule has 1 aromatic rings. The maximum absolute atomic E-state index is 5.70. The minimum Gasteiger partial charge on any atom is -0.486 e. The Kier molecular flexibility index (Phi) is 6.59. The lowest BCUT2D eigenvalue weighted by Crippen LogP contribution is -1.99. The van der Waals surface area contributed by atoms with Gasteiger partial charge in [-0.1, -0.05) is 47.8 Å². The highest BCUT2D eigenvalue weighted by Crippen LogP contribution is 2.37. The average molecular weight is 543 g/mol. The molecule has 6 heteroatoms. The molecule has 0 bridgehead atoms. The van der Waals surface area contributed by atoms with Crippen molar-refractivity contribution in [3.8, 4) is 5.75 Å². The van der Waals surface area contributed by atoms with E-state index in [1.807, 2.05) is 19.1 Å².